The van der Waals surface area contributed by atoms with Gasteiger partial charge in [0, 0.05) is 19.7 Å². The van der Waals surface area contributed by atoms with Crippen molar-refractivity contribution < 1.29 is 15.0 Å². The summed E-state index contributed by atoms with van der Waals surface area (Å²) in [6.07, 6.45) is 2.88. The van der Waals surface area contributed by atoms with Crippen LogP contribution >= 0.6 is 0 Å². The molecule has 0 fully saturated rings. The number of carboxylic acids is 1. The standard InChI is InChI=1S/C15H23NO3/c17-13-5-11-16(12-9-15(18)19)10-4-8-14-6-2-1-3-7-14/h1-3,6-7,17H,4-5,8-13H2,(H,18,19). The highest BCUT2D eigenvalue weighted by atomic mass is 16.4. The van der Waals surface area contributed by atoms with E-state index in [9.17, 15) is 4.79 Å². The van der Waals surface area contributed by atoms with Crippen LogP contribution in [0.25, 0.3) is 0 Å². The van der Waals surface area contributed by atoms with Crippen molar-refractivity contribution in [3.05, 3.63) is 35.9 Å². The van der Waals surface area contributed by atoms with Gasteiger partial charge in [0.05, 0.1) is 6.42 Å². The van der Waals surface area contributed by atoms with Gasteiger partial charge in [0.1, 0.15) is 0 Å². The molecule has 0 bridgehead atoms. The van der Waals surface area contributed by atoms with Gasteiger partial charge in [0.25, 0.3) is 0 Å². The summed E-state index contributed by atoms with van der Waals surface area (Å²) >= 11 is 0. The summed E-state index contributed by atoms with van der Waals surface area (Å²) in [5.41, 5.74) is 1.31. The lowest BCUT2D eigenvalue weighted by Crippen LogP contribution is -2.29. The molecule has 1 aromatic carbocycles. The molecule has 0 saturated heterocycles. The average molecular weight is 265 g/mol. The van der Waals surface area contributed by atoms with Crippen molar-refractivity contribution in [3.63, 3.8) is 0 Å². The van der Waals surface area contributed by atoms with E-state index in [1.165, 1.54) is 5.56 Å². The Balaban J connectivity index is 2.28. The van der Waals surface area contributed by atoms with Gasteiger partial charge in [-0.25, -0.2) is 0 Å². The number of aliphatic hydroxyl groups excluding tert-OH is 1. The molecular formula is C15H23NO3. The second-order valence-electron chi connectivity index (χ2n) is 4.65. The van der Waals surface area contributed by atoms with Crippen LogP contribution in [0.4, 0.5) is 0 Å². The van der Waals surface area contributed by atoms with Crippen molar-refractivity contribution in [1.82, 2.24) is 4.90 Å². The van der Waals surface area contributed by atoms with Gasteiger partial charge in [0.15, 0.2) is 0 Å². The van der Waals surface area contributed by atoms with Crippen molar-refractivity contribution in [2.24, 2.45) is 0 Å². The molecule has 19 heavy (non-hydrogen) atoms. The Hall–Kier alpha value is -1.39. The van der Waals surface area contributed by atoms with E-state index < -0.39 is 5.97 Å². The first-order valence-corrected chi connectivity index (χ1v) is 6.81. The third kappa shape index (κ3) is 7.59. The molecule has 0 aliphatic carbocycles. The van der Waals surface area contributed by atoms with Gasteiger partial charge in [-0.2, -0.15) is 0 Å². The number of carboxylic acid groups (broad SMARTS) is 1. The zero-order valence-corrected chi connectivity index (χ0v) is 11.3. The second kappa shape index (κ2) is 9.53. The van der Waals surface area contributed by atoms with E-state index >= 15 is 0 Å². The molecule has 1 rings (SSSR count). The number of nitrogens with zero attached hydrogens (tertiary/aromatic N) is 1. The van der Waals surface area contributed by atoms with Crippen molar-refractivity contribution in [1.29, 1.82) is 0 Å². The van der Waals surface area contributed by atoms with E-state index in [0.717, 1.165) is 25.9 Å². The molecule has 0 saturated carbocycles. The Morgan fingerprint density at radius 1 is 1.05 bits per heavy atom. The maximum atomic E-state index is 10.6. The molecule has 0 heterocycles. The predicted octanol–water partition coefficient (Wildman–Crippen LogP) is 1.78. The normalized spacial score (nSPS) is 10.8. The third-order valence-corrected chi connectivity index (χ3v) is 3.06. The summed E-state index contributed by atoms with van der Waals surface area (Å²) in [7, 11) is 0. The van der Waals surface area contributed by atoms with Crippen molar-refractivity contribution in [3.8, 4) is 0 Å². The lowest BCUT2D eigenvalue weighted by atomic mass is 10.1. The number of benzene rings is 1. The minimum absolute atomic E-state index is 0.155. The molecular weight excluding hydrogens is 242 g/mol. The number of aliphatic hydroxyl groups is 1. The van der Waals surface area contributed by atoms with E-state index in [1.54, 1.807) is 0 Å². The molecule has 0 amide bonds. The van der Waals surface area contributed by atoms with Crippen molar-refractivity contribution >= 4 is 5.97 Å². The fraction of sp³-hybridized carbons (Fsp3) is 0.533. The fourth-order valence-corrected chi connectivity index (χ4v) is 2.03. The molecule has 0 atom stereocenters. The van der Waals surface area contributed by atoms with Crippen LogP contribution in [0.1, 0.15) is 24.8 Å². The van der Waals surface area contributed by atoms with Crippen LogP contribution in [0.15, 0.2) is 30.3 Å². The maximum Gasteiger partial charge on any atom is 0.304 e. The van der Waals surface area contributed by atoms with E-state index in [-0.39, 0.29) is 13.0 Å². The minimum atomic E-state index is -0.767. The molecule has 2 N–H and O–H groups in total. The summed E-state index contributed by atoms with van der Waals surface area (Å²) in [5.74, 6) is -0.767. The highest BCUT2D eigenvalue weighted by Gasteiger charge is 2.07. The van der Waals surface area contributed by atoms with Gasteiger partial charge in [-0.05, 0) is 31.4 Å². The first-order chi connectivity index (χ1) is 9.22. The molecule has 4 nitrogen and oxygen atoms in total. The van der Waals surface area contributed by atoms with Crippen LogP contribution < -0.4 is 0 Å². The zero-order valence-electron chi connectivity index (χ0n) is 11.3. The van der Waals surface area contributed by atoms with Crippen LogP contribution in [-0.4, -0.2) is 47.3 Å². The van der Waals surface area contributed by atoms with Gasteiger partial charge >= 0.3 is 5.97 Å². The van der Waals surface area contributed by atoms with Crippen LogP contribution in [0.2, 0.25) is 0 Å². The van der Waals surface area contributed by atoms with E-state index in [1.807, 2.05) is 18.2 Å². The number of hydrogen-bond donors (Lipinski definition) is 2. The quantitative estimate of drug-likeness (QED) is 0.677. The Bertz CT molecular complexity index is 354. The van der Waals surface area contributed by atoms with Gasteiger partial charge in [-0.15, -0.1) is 0 Å². The molecule has 0 spiro atoms. The van der Waals surface area contributed by atoms with Gasteiger partial charge in [-0.1, -0.05) is 30.3 Å². The Labute approximate surface area is 114 Å². The molecule has 1 aromatic rings. The fourth-order valence-electron chi connectivity index (χ4n) is 2.03. The number of hydrogen-bond acceptors (Lipinski definition) is 3. The molecule has 0 aliphatic heterocycles. The molecule has 0 radical (unpaired) electrons. The van der Waals surface area contributed by atoms with Crippen LogP contribution in [0.5, 0.6) is 0 Å². The van der Waals surface area contributed by atoms with Gasteiger partial charge in [-0.3, -0.25) is 4.79 Å². The summed E-state index contributed by atoms with van der Waals surface area (Å²) in [6, 6.07) is 10.3. The molecule has 106 valence electrons. The lowest BCUT2D eigenvalue weighted by molar-refractivity contribution is -0.137. The third-order valence-electron chi connectivity index (χ3n) is 3.06. The van der Waals surface area contributed by atoms with Crippen LogP contribution in [0, 0.1) is 0 Å². The summed E-state index contributed by atoms with van der Waals surface area (Å²) in [6.45, 7) is 2.35. The van der Waals surface area contributed by atoms with Crippen molar-refractivity contribution in [2.75, 3.05) is 26.2 Å². The Kier molecular flexibility index (Phi) is 7.86. The first-order valence-electron chi connectivity index (χ1n) is 6.81. The summed E-state index contributed by atoms with van der Waals surface area (Å²) < 4.78 is 0. The topological polar surface area (TPSA) is 60.8 Å². The Morgan fingerprint density at radius 3 is 2.37 bits per heavy atom. The number of rotatable bonds is 10. The van der Waals surface area contributed by atoms with Gasteiger partial charge in [0.2, 0.25) is 0 Å². The maximum absolute atomic E-state index is 10.6. The molecule has 0 aromatic heterocycles. The van der Waals surface area contributed by atoms with E-state index in [0.29, 0.717) is 13.0 Å². The highest BCUT2D eigenvalue weighted by Crippen LogP contribution is 2.04. The molecule has 0 unspecified atom stereocenters. The number of aryl methyl sites for hydroxylation is 1. The molecule has 4 heteroatoms. The van der Waals surface area contributed by atoms with Crippen LogP contribution in [0.3, 0.4) is 0 Å². The SMILES string of the molecule is O=C(O)CCN(CCCO)CCCc1ccccc1. The van der Waals surface area contributed by atoms with E-state index in [4.69, 9.17) is 10.2 Å². The number of aliphatic carboxylic acids is 1. The number of carbonyl (C=O) groups is 1. The zero-order chi connectivity index (χ0) is 13.9. The first kappa shape index (κ1) is 15.7. The monoisotopic (exact) mass is 265 g/mol. The van der Waals surface area contributed by atoms with Gasteiger partial charge < -0.3 is 15.1 Å². The molecule has 0 aliphatic rings. The van der Waals surface area contributed by atoms with E-state index in [2.05, 4.69) is 17.0 Å². The minimum Gasteiger partial charge on any atom is -0.481 e. The lowest BCUT2D eigenvalue weighted by Gasteiger charge is -2.21. The highest BCUT2D eigenvalue weighted by molar-refractivity contribution is 5.66. The summed E-state index contributed by atoms with van der Waals surface area (Å²) in [5, 5.41) is 17.6. The summed E-state index contributed by atoms with van der Waals surface area (Å²) in [4.78, 5) is 12.7. The second-order valence-corrected chi connectivity index (χ2v) is 4.65. The average Bonchev–Trinajstić information content (AvgIpc) is 2.42. The smallest absolute Gasteiger partial charge is 0.304 e. The Morgan fingerprint density at radius 2 is 1.74 bits per heavy atom. The van der Waals surface area contributed by atoms with Crippen molar-refractivity contribution in [2.45, 2.75) is 25.7 Å². The van der Waals surface area contributed by atoms with Crippen LogP contribution in [-0.2, 0) is 11.2 Å². The predicted molar refractivity (Wildman–Crippen MR) is 75.2 cm³/mol. The largest absolute Gasteiger partial charge is 0.481 e.